The Kier molecular flexibility index (Phi) is 3.31. The average molecular weight is 346 g/mol. The van der Waals surface area contributed by atoms with Crippen molar-refractivity contribution in [3.05, 3.63) is 77.1 Å². The van der Waals surface area contributed by atoms with Crippen LogP contribution in [0.5, 0.6) is 0 Å². The number of carbonyl (C=O) groups excluding carboxylic acids is 1. The summed E-state index contributed by atoms with van der Waals surface area (Å²) in [7, 11) is 0. The van der Waals surface area contributed by atoms with E-state index < -0.39 is 0 Å². The standard InChI is InChI=1S/C20H18N4O2/c1-12-5-2-3-6-14(12)19-18-15(23-20-21-11-22-24(19)20)9-13(10-16(18)25)17-7-4-8-26-17/h2-8,11,13,19H,9-10H2,1H3,(H,21,22,23). The summed E-state index contributed by atoms with van der Waals surface area (Å²) in [6.45, 7) is 2.06. The second-order valence-electron chi connectivity index (χ2n) is 6.85. The number of fused-ring (bicyclic) bond motifs is 1. The van der Waals surface area contributed by atoms with Crippen LogP contribution in [-0.4, -0.2) is 20.5 Å². The fourth-order valence-electron chi connectivity index (χ4n) is 4.06. The number of anilines is 1. The predicted octanol–water partition coefficient (Wildman–Crippen LogP) is 3.60. The van der Waals surface area contributed by atoms with Gasteiger partial charge in [0.15, 0.2) is 5.78 Å². The topological polar surface area (TPSA) is 73.0 Å². The Balaban J connectivity index is 1.65. The van der Waals surface area contributed by atoms with E-state index in [2.05, 4.69) is 34.5 Å². The van der Waals surface area contributed by atoms with Gasteiger partial charge in [0.05, 0.1) is 6.26 Å². The molecule has 5 rings (SSSR count). The molecule has 1 N–H and O–H groups in total. The molecule has 1 aliphatic carbocycles. The number of hydrogen-bond donors (Lipinski definition) is 1. The van der Waals surface area contributed by atoms with Gasteiger partial charge in [0.2, 0.25) is 5.95 Å². The van der Waals surface area contributed by atoms with Gasteiger partial charge in [-0.05, 0) is 36.6 Å². The number of rotatable bonds is 2. The Hall–Kier alpha value is -3.15. The number of ketones is 1. The van der Waals surface area contributed by atoms with Gasteiger partial charge in [-0.1, -0.05) is 24.3 Å². The van der Waals surface area contributed by atoms with Crippen LogP contribution < -0.4 is 5.32 Å². The molecule has 2 aromatic heterocycles. The normalized spacial score (nSPS) is 22.0. The summed E-state index contributed by atoms with van der Waals surface area (Å²) in [6, 6.07) is 11.7. The van der Waals surface area contributed by atoms with Crippen LogP contribution in [0.3, 0.4) is 0 Å². The van der Waals surface area contributed by atoms with E-state index in [1.807, 2.05) is 28.9 Å². The molecular weight excluding hydrogens is 328 g/mol. The van der Waals surface area contributed by atoms with E-state index in [9.17, 15) is 4.79 Å². The lowest BCUT2D eigenvalue weighted by Gasteiger charge is -2.35. The number of allylic oxidation sites excluding steroid dienone is 2. The minimum atomic E-state index is -0.241. The van der Waals surface area contributed by atoms with Crippen LogP contribution in [0.4, 0.5) is 5.95 Å². The number of aromatic nitrogens is 3. The first-order valence-corrected chi connectivity index (χ1v) is 8.74. The Morgan fingerprint density at radius 3 is 2.88 bits per heavy atom. The molecule has 26 heavy (non-hydrogen) atoms. The summed E-state index contributed by atoms with van der Waals surface area (Å²) in [5.41, 5.74) is 3.93. The van der Waals surface area contributed by atoms with Crippen molar-refractivity contribution in [2.24, 2.45) is 0 Å². The van der Waals surface area contributed by atoms with E-state index in [1.54, 1.807) is 6.26 Å². The molecule has 6 heteroatoms. The quantitative estimate of drug-likeness (QED) is 0.767. The van der Waals surface area contributed by atoms with Gasteiger partial charge in [-0.2, -0.15) is 10.1 Å². The maximum absolute atomic E-state index is 13.2. The molecule has 2 unspecified atom stereocenters. The van der Waals surface area contributed by atoms with Crippen molar-refractivity contribution in [2.45, 2.75) is 31.7 Å². The van der Waals surface area contributed by atoms with E-state index in [0.717, 1.165) is 34.6 Å². The van der Waals surface area contributed by atoms with E-state index >= 15 is 0 Å². The minimum absolute atomic E-state index is 0.0516. The first-order chi connectivity index (χ1) is 12.7. The first kappa shape index (κ1) is 15.1. The van der Waals surface area contributed by atoms with E-state index in [-0.39, 0.29) is 17.7 Å². The van der Waals surface area contributed by atoms with Crippen molar-refractivity contribution < 1.29 is 9.21 Å². The number of carbonyl (C=O) groups is 1. The number of nitrogens with zero attached hydrogens (tertiary/aromatic N) is 3. The van der Waals surface area contributed by atoms with E-state index in [1.165, 1.54) is 6.33 Å². The number of aryl methyl sites for hydroxylation is 1. The van der Waals surface area contributed by atoms with E-state index in [0.29, 0.717) is 12.4 Å². The number of nitrogens with one attached hydrogen (secondary N) is 1. The Labute approximate surface area is 150 Å². The number of benzene rings is 1. The molecule has 3 aromatic rings. The van der Waals surface area contributed by atoms with Crippen molar-refractivity contribution in [3.8, 4) is 0 Å². The van der Waals surface area contributed by atoms with Crippen LogP contribution in [0.25, 0.3) is 0 Å². The van der Waals surface area contributed by atoms with E-state index in [4.69, 9.17) is 4.42 Å². The van der Waals surface area contributed by atoms with Gasteiger partial charge < -0.3 is 9.73 Å². The lowest BCUT2D eigenvalue weighted by atomic mass is 9.79. The van der Waals surface area contributed by atoms with Gasteiger partial charge in [0.25, 0.3) is 0 Å². The molecule has 0 saturated carbocycles. The van der Waals surface area contributed by atoms with Crippen LogP contribution in [-0.2, 0) is 4.79 Å². The summed E-state index contributed by atoms with van der Waals surface area (Å²) in [4.78, 5) is 17.5. The van der Waals surface area contributed by atoms with Gasteiger partial charge in [-0.25, -0.2) is 4.68 Å². The summed E-state index contributed by atoms with van der Waals surface area (Å²) < 4.78 is 7.36. The SMILES string of the molecule is Cc1ccccc1C1C2=C(CC(c3ccco3)CC2=O)Nc2ncnn21. The first-order valence-electron chi connectivity index (χ1n) is 8.74. The highest BCUT2D eigenvalue weighted by Crippen LogP contribution is 2.44. The van der Waals surface area contributed by atoms with Crippen molar-refractivity contribution in [3.63, 3.8) is 0 Å². The van der Waals surface area contributed by atoms with Crippen molar-refractivity contribution in [1.29, 1.82) is 0 Å². The van der Waals surface area contributed by atoms with Crippen molar-refractivity contribution in [2.75, 3.05) is 5.32 Å². The molecular formula is C20H18N4O2. The summed E-state index contributed by atoms with van der Waals surface area (Å²) in [5.74, 6) is 1.71. The Morgan fingerprint density at radius 2 is 2.08 bits per heavy atom. The van der Waals surface area contributed by atoms with Crippen LogP contribution in [0.1, 0.15) is 41.7 Å². The highest BCUT2D eigenvalue weighted by atomic mass is 16.3. The maximum atomic E-state index is 13.2. The summed E-state index contributed by atoms with van der Waals surface area (Å²) >= 11 is 0. The van der Waals surface area contributed by atoms with Crippen LogP contribution in [0.2, 0.25) is 0 Å². The molecule has 1 aliphatic heterocycles. The fraction of sp³-hybridized carbons (Fsp3) is 0.250. The lowest BCUT2D eigenvalue weighted by molar-refractivity contribution is -0.117. The summed E-state index contributed by atoms with van der Waals surface area (Å²) in [5, 5.41) is 7.72. The van der Waals surface area contributed by atoms with Gasteiger partial charge >= 0.3 is 0 Å². The molecule has 3 heterocycles. The highest BCUT2D eigenvalue weighted by Gasteiger charge is 2.40. The third-order valence-electron chi connectivity index (χ3n) is 5.29. The zero-order chi connectivity index (χ0) is 17.7. The zero-order valence-electron chi connectivity index (χ0n) is 14.3. The maximum Gasteiger partial charge on any atom is 0.226 e. The lowest BCUT2D eigenvalue weighted by Crippen LogP contribution is -2.33. The largest absolute Gasteiger partial charge is 0.469 e. The number of furan rings is 1. The average Bonchev–Trinajstić information content (AvgIpc) is 3.32. The zero-order valence-corrected chi connectivity index (χ0v) is 14.3. The van der Waals surface area contributed by atoms with Crippen LogP contribution in [0, 0.1) is 6.92 Å². The monoisotopic (exact) mass is 346 g/mol. The number of hydrogen-bond acceptors (Lipinski definition) is 5. The van der Waals surface area contributed by atoms with Gasteiger partial charge in [0.1, 0.15) is 18.1 Å². The Bertz CT molecular complexity index is 1020. The minimum Gasteiger partial charge on any atom is -0.469 e. The smallest absolute Gasteiger partial charge is 0.226 e. The molecule has 1 aromatic carbocycles. The summed E-state index contributed by atoms with van der Waals surface area (Å²) in [6.07, 6.45) is 4.36. The molecule has 6 nitrogen and oxygen atoms in total. The second kappa shape index (κ2) is 5.69. The van der Waals surface area contributed by atoms with Gasteiger partial charge in [-0.3, -0.25) is 4.79 Å². The third kappa shape index (κ3) is 2.22. The van der Waals surface area contributed by atoms with Crippen molar-refractivity contribution >= 4 is 11.7 Å². The van der Waals surface area contributed by atoms with Crippen LogP contribution >= 0.6 is 0 Å². The number of Topliss-reactive ketones (excluding diaryl/α,β-unsaturated/α-hetero) is 1. The fourth-order valence-corrected chi connectivity index (χ4v) is 4.06. The molecule has 130 valence electrons. The molecule has 0 saturated heterocycles. The molecule has 2 atom stereocenters. The van der Waals surface area contributed by atoms with Gasteiger partial charge in [0, 0.05) is 23.6 Å². The predicted molar refractivity (Wildman–Crippen MR) is 95.7 cm³/mol. The van der Waals surface area contributed by atoms with Gasteiger partial charge in [-0.15, -0.1) is 0 Å². The highest BCUT2D eigenvalue weighted by molar-refractivity contribution is 6.00. The molecule has 0 spiro atoms. The molecule has 0 amide bonds. The third-order valence-corrected chi connectivity index (χ3v) is 5.29. The molecule has 0 fully saturated rings. The van der Waals surface area contributed by atoms with Crippen molar-refractivity contribution in [1.82, 2.24) is 14.8 Å². The molecule has 0 bridgehead atoms. The second-order valence-corrected chi connectivity index (χ2v) is 6.85. The molecule has 0 radical (unpaired) electrons. The molecule has 2 aliphatic rings. The Morgan fingerprint density at radius 1 is 1.19 bits per heavy atom. The van der Waals surface area contributed by atoms with Crippen LogP contribution in [0.15, 0.2) is 64.7 Å².